The molecule has 0 radical (unpaired) electrons. The molecule has 232 valence electrons. The molecule has 2 aliphatic heterocycles. The van der Waals surface area contributed by atoms with Crippen LogP contribution in [0.15, 0.2) is 60.7 Å². The number of amides is 3. The van der Waals surface area contributed by atoms with Crippen LogP contribution in [0.4, 0.5) is 0 Å². The summed E-state index contributed by atoms with van der Waals surface area (Å²) < 4.78 is 5.41. The monoisotopic (exact) mass is 591 g/mol. The highest BCUT2D eigenvalue weighted by Gasteiger charge is 2.48. The molecule has 2 aromatic carbocycles. The summed E-state index contributed by atoms with van der Waals surface area (Å²) in [6.07, 6.45) is 2.61. The van der Waals surface area contributed by atoms with E-state index in [1.165, 1.54) is 0 Å². The lowest BCUT2D eigenvalue weighted by Crippen LogP contribution is -2.57. The second-order valence-corrected chi connectivity index (χ2v) is 12.7. The maximum atomic E-state index is 14.1. The van der Waals surface area contributed by atoms with Gasteiger partial charge in [-0.25, -0.2) is 0 Å². The first kappa shape index (κ1) is 32.2. The van der Waals surface area contributed by atoms with E-state index in [0.717, 1.165) is 11.1 Å². The van der Waals surface area contributed by atoms with Crippen LogP contribution in [0.3, 0.4) is 0 Å². The van der Waals surface area contributed by atoms with Crippen molar-refractivity contribution in [3.05, 3.63) is 71.8 Å². The summed E-state index contributed by atoms with van der Waals surface area (Å²) in [7, 11) is 0. The zero-order valence-electron chi connectivity index (χ0n) is 25.6. The van der Waals surface area contributed by atoms with E-state index >= 15 is 0 Å². The van der Waals surface area contributed by atoms with Crippen LogP contribution in [-0.2, 0) is 23.9 Å². The van der Waals surface area contributed by atoms with Gasteiger partial charge in [-0.1, -0.05) is 67.6 Å². The van der Waals surface area contributed by atoms with Gasteiger partial charge in [-0.15, -0.1) is 0 Å². The Bertz CT molecular complexity index is 1220. The fraction of sp³-hybridized carbons (Fsp3) is 0.529. The summed E-state index contributed by atoms with van der Waals surface area (Å²) >= 11 is 0. The molecule has 9 nitrogen and oxygen atoms in total. The molecule has 3 amide bonds. The predicted octanol–water partition coefficient (Wildman–Crippen LogP) is 3.90. The highest BCUT2D eigenvalue weighted by molar-refractivity contribution is 5.94. The standard InChI is InChI=1S/C34H45N3O6/c1-5-22(20-28(39)43-34(2,3)4)31(40)36-30-25(21-38)16-17-26-18-19-27(37(26)33(30)42)32(41)35-29(23-12-8-6-9-13-23)24-14-10-7-11-15-24/h6-15,22,25-27,29-30,38H,5,16-21H2,1-4H3,(H,35,41)(H,36,40)/t22-,25-,26+,27+,30+/m1/s1. The molecule has 9 heteroatoms. The molecule has 3 N–H and O–H groups in total. The third kappa shape index (κ3) is 8.02. The first-order valence-corrected chi connectivity index (χ1v) is 15.4. The van der Waals surface area contributed by atoms with Crippen molar-refractivity contribution in [3.8, 4) is 0 Å². The first-order valence-electron chi connectivity index (χ1n) is 15.4. The Labute approximate surface area is 254 Å². The molecular formula is C34H45N3O6. The molecule has 2 heterocycles. The minimum atomic E-state index is -0.998. The second-order valence-electron chi connectivity index (χ2n) is 12.7. The fourth-order valence-corrected chi connectivity index (χ4v) is 6.24. The largest absolute Gasteiger partial charge is 0.460 e. The number of benzene rings is 2. The highest BCUT2D eigenvalue weighted by Crippen LogP contribution is 2.35. The van der Waals surface area contributed by atoms with Gasteiger partial charge in [-0.2, -0.15) is 0 Å². The van der Waals surface area contributed by atoms with Crippen LogP contribution in [0.25, 0.3) is 0 Å². The van der Waals surface area contributed by atoms with Crippen LogP contribution in [0.1, 0.15) is 83.4 Å². The highest BCUT2D eigenvalue weighted by atomic mass is 16.6. The number of aliphatic hydroxyl groups is 1. The third-order valence-electron chi connectivity index (χ3n) is 8.45. The Kier molecular flexibility index (Phi) is 10.6. The Morgan fingerprint density at radius 1 is 0.953 bits per heavy atom. The maximum Gasteiger partial charge on any atom is 0.307 e. The fourth-order valence-electron chi connectivity index (χ4n) is 6.24. The zero-order valence-corrected chi connectivity index (χ0v) is 25.6. The number of rotatable bonds is 10. The smallest absolute Gasteiger partial charge is 0.307 e. The van der Waals surface area contributed by atoms with E-state index in [1.807, 2.05) is 60.7 Å². The molecule has 0 unspecified atom stereocenters. The molecule has 0 saturated carbocycles. The molecule has 5 atom stereocenters. The summed E-state index contributed by atoms with van der Waals surface area (Å²) in [5, 5.41) is 16.3. The number of esters is 1. The molecule has 0 aromatic heterocycles. The van der Waals surface area contributed by atoms with Crippen molar-refractivity contribution < 1.29 is 29.0 Å². The lowest BCUT2D eigenvalue weighted by Gasteiger charge is -2.33. The molecule has 2 saturated heterocycles. The molecular weight excluding hydrogens is 546 g/mol. The topological polar surface area (TPSA) is 125 Å². The molecule has 43 heavy (non-hydrogen) atoms. The Morgan fingerprint density at radius 3 is 2.07 bits per heavy atom. The number of nitrogens with one attached hydrogen (secondary N) is 2. The van der Waals surface area contributed by atoms with Crippen LogP contribution in [0, 0.1) is 11.8 Å². The molecule has 2 aromatic rings. The number of fused-ring (bicyclic) bond motifs is 1. The van der Waals surface area contributed by atoms with E-state index in [9.17, 15) is 24.3 Å². The van der Waals surface area contributed by atoms with Crippen LogP contribution < -0.4 is 10.6 Å². The number of hydrogen-bond acceptors (Lipinski definition) is 6. The Hall–Kier alpha value is -3.72. The van der Waals surface area contributed by atoms with E-state index in [1.54, 1.807) is 32.6 Å². The van der Waals surface area contributed by atoms with Crippen LogP contribution >= 0.6 is 0 Å². The number of aliphatic hydroxyl groups excluding tert-OH is 1. The normalized spacial score (nSPS) is 22.8. The minimum absolute atomic E-state index is 0.109. The van der Waals surface area contributed by atoms with Crippen LogP contribution in [0.5, 0.6) is 0 Å². The van der Waals surface area contributed by atoms with Gasteiger partial charge in [0, 0.05) is 24.5 Å². The van der Waals surface area contributed by atoms with Crippen LogP contribution in [0.2, 0.25) is 0 Å². The van der Waals surface area contributed by atoms with Gasteiger partial charge in [0.1, 0.15) is 17.7 Å². The molecule has 0 aliphatic carbocycles. The quantitative estimate of drug-likeness (QED) is 0.360. The predicted molar refractivity (Wildman–Crippen MR) is 163 cm³/mol. The van der Waals surface area contributed by atoms with Crippen molar-refractivity contribution >= 4 is 23.7 Å². The first-order chi connectivity index (χ1) is 20.5. The number of carbonyl (C=O) groups excluding carboxylic acids is 4. The summed E-state index contributed by atoms with van der Waals surface area (Å²) in [5.41, 5.74) is 1.19. The SMILES string of the molecule is CC[C@H](CC(=O)OC(C)(C)C)C(=O)N[C@@H]1C(=O)N2[C@@H](CC[C@@H]1CO)CC[C@H]2C(=O)NC(c1ccccc1)c1ccccc1. The molecule has 4 rings (SSSR count). The summed E-state index contributed by atoms with van der Waals surface area (Å²) in [5.74, 6) is -2.71. The van der Waals surface area contributed by atoms with Crippen molar-refractivity contribution in [3.63, 3.8) is 0 Å². The molecule has 0 spiro atoms. The Morgan fingerprint density at radius 2 is 1.53 bits per heavy atom. The maximum absolute atomic E-state index is 14.1. The summed E-state index contributed by atoms with van der Waals surface area (Å²) in [6.45, 7) is 6.83. The lowest BCUT2D eigenvalue weighted by atomic mass is 9.92. The van der Waals surface area contributed by atoms with E-state index in [4.69, 9.17) is 4.74 Å². The van der Waals surface area contributed by atoms with Crippen molar-refractivity contribution in [2.75, 3.05) is 6.61 Å². The van der Waals surface area contributed by atoms with Gasteiger partial charge in [-0.05, 0) is 64.0 Å². The third-order valence-corrected chi connectivity index (χ3v) is 8.45. The summed E-state index contributed by atoms with van der Waals surface area (Å²) in [4.78, 5) is 55.5. The number of hydrogen-bond donors (Lipinski definition) is 3. The Balaban J connectivity index is 1.53. The van der Waals surface area contributed by atoms with Gasteiger partial charge in [-0.3, -0.25) is 19.2 Å². The van der Waals surface area contributed by atoms with Crippen molar-refractivity contribution in [2.24, 2.45) is 11.8 Å². The second kappa shape index (κ2) is 14.2. The van der Waals surface area contributed by atoms with E-state index < -0.39 is 47.4 Å². The van der Waals surface area contributed by atoms with Gasteiger partial charge < -0.3 is 25.4 Å². The number of carbonyl (C=O) groups is 4. The number of ether oxygens (including phenoxy) is 1. The number of nitrogens with zero attached hydrogens (tertiary/aromatic N) is 1. The van der Waals surface area contributed by atoms with Crippen molar-refractivity contribution in [1.29, 1.82) is 0 Å². The zero-order chi connectivity index (χ0) is 31.1. The lowest BCUT2D eigenvalue weighted by molar-refractivity contribution is -0.157. The van der Waals surface area contributed by atoms with Crippen molar-refractivity contribution in [2.45, 2.75) is 96.0 Å². The average molecular weight is 592 g/mol. The van der Waals surface area contributed by atoms with Gasteiger partial charge in [0.05, 0.1) is 12.5 Å². The van der Waals surface area contributed by atoms with Gasteiger partial charge in [0.25, 0.3) is 0 Å². The van der Waals surface area contributed by atoms with Gasteiger partial charge >= 0.3 is 5.97 Å². The van der Waals surface area contributed by atoms with Crippen LogP contribution in [-0.4, -0.2) is 64.0 Å². The molecule has 2 fully saturated rings. The molecule has 0 bridgehead atoms. The van der Waals surface area contributed by atoms with E-state index in [2.05, 4.69) is 10.6 Å². The molecule has 2 aliphatic rings. The van der Waals surface area contributed by atoms with E-state index in [-0.39, 0.29) is 30.9 Å². The van der Waals surface area contributed by atoms with Gasteiger partial charge in [0.2, 0.25) is 17.7 Å². The van der Waals surface area contributed by atoms with Gasteiger partial charge in [0.15, 0.2) is 0 Å². The summed E-state index contributed by atoms with van der Waals surface area (Å²) in [6, 6.07) is 17.2. The minimum Gasteiger partial charge on any atom is -0.460 e. The average Bonchev–Trinajstić information content (AvgIpc) is 3.36. The van der Waals surface area contributed by atoms with E-state index in [0.29, 0.717) is 32.1 Å². The van der Waals surface area contributed by atoms with Crippen molar-refractivity contribution in [1.82, 2.24) is 15.5 Å².